The zero-order valence-electron chi connectivity index (χ0n) is 12.6. The molecular formula is C15H23N3OS. The predicted molar refractivity (Wildman–Crippen MR) is 88.4 cm³/mol. The Morgan fingerprint density at radius 1 is 1.35 bits per heavy atom. The van der Waals surface area contributed by atoms with Crippen LogP contribution in [0.5, 0.6) is 5.75 Å². The molecule has 0 saturated carbocycles. The molecule has 0 fully saturated rings. The first kappa shape index (κ1) is 16.4. The van der Waals surface area contributed by atoms with Crippen molar-refractivity contribution in [1.29, 1.82) is 0 Å². The number of para-hydroxylation sites is 1. The van der Waals surface area contributed by atoms with Crippen molar-refractivity contribution < 1.29 is 4.74 Å². The van der Waals surface area contributed by atoms with Crippen LogP contribution in [0.3, 0.4) is 0 Å². The lowest BCUT2D eigenvalue weighted by atomic mass is 10.1. The van der Waals surface area contributed by atoms with E-state index >= 15 is 0 Å². The van der Waals surface area contributed by atoms with Gasteiger partial charge in [-0.15, -0.1) is 0 Å². The van der Waals surface area contributed by atoms with Gasteiger partial charge in [0.05, 0.1) is 12.8 Å². The number of thiocarbonyl (C=S) groups is 1. The van der Waals surface area contributed by atoms with Crippen molar-refractivity contribution in [2.24, 2.45) is 5.10 Å². The van der Waals surface area contributed by atoms with Crippen molar-refractivity contribution in [3.05, 3.63) is 29.8 Å². The van der Waals surface area contributed by atoms with E-state index in [0.29, 0.717) is 11.7 Å². The van der Waals surface area contributed by atoms with Crippen molar-refractivity contribution in [2.75, 3.05) is 6.61 Å². The van der Waals surface area contributed by atoms with Gasteiger partial charge < -0.3 is 10.1 Å². The first-order chi connectivity index (χ1) is 9.42. The van der Waals surface area contributed by atoms with Gasteiger partial charge in [-0.05, 0) is 51.5 Å². The van der Waals surface area contributed by atoms with E-state index in [9.17, 15) is 0 Å². The zero-order valence-corrected chi connectivity index (χ0v) is 13.4. The standard InChI is InChI=1S/C15H23N3OS/c1-5-10-19-13-9-7-6-8-12(13)11-16-18-14(20)17-15(2,3)4/h6-9,11H,5,10H2,1-4H3,(H2,17,18,20). The van der Waals surface area contributed by atoms with Crippen LogP contribution in [0.4, 0.5) is 0 Å². The SMILES string of the molecule is CCCOc1ccccc1C=NNC(=S)NC(C)(C)C. The van der Waals surface area contributed by atoms with E-state index in [2.05, 4.69) is 22.8 Å². The Kier molecular flexibility index (Phi) is 6.45. The van der Waals surface area contributed by atoms with Gasteiger partial charge in [0.25, 0.3) is 0 Å². The molecule has 0 atom stereocenters. The van der Waals surface area contributed by atoms with E-state index in [1.807, 2.05) is 45.0 Å². The number of nitrogens with zero attached hydrogens (tertiary/aromatic N) is 1. The van der Waals surface area contributed by atoms with Gasteiger partial charge in [-0.3, -0.25) is 5.43 Å². The molecule has 2 N–H and O–H groups in total. The largest absolute Gasteiger partial charge is 0.493 e. The summed E-state index contributed by atoms with van der Waals surface area (Å²) in [4.78, 5) is 0. The van der Waals surface area contributed by atoms with Crippen LogP contribution in [-0.2, 0) is 0 Å². The molecule has 0 aliphatic rings. The van der Waals surface area contributed by atoms with Gasteiger partial charge >= 0.3 is 0 Å². The summed E-state index contributed by atoms with van der Waals surface area (Å²) >= 11 is 5.15. The second-order valence-corrected chi connectivity index (χ2v) is 5.87. The van der Waals surface area contributed by atoms with Crippen LogP contribution in [0.2, 0.25) is 0 Å². The average molecular weight is 293 g/mol. The Labute approximate surface area is 126 Å². The van der Waals surface area contributed by atoms with E-state index in [1.165, 1.54) is 0 Å². The fourth-order valence-electron chi connectivity index (χ4n) is 1.46. The molecule has 1 aromatic rings. The molecule has 4 nitrogen and oxygen atoms in total. The highest BCUT2D eigenvalue weighted by Crippen LogP contribution is 2.15. The molecule has 5 heteroatoms. The fraction of sp³-hybridized carbons (Fsp3) is 0.467. The second-order valence-electron chi connectivity index (χ2n) is 5.46. The molecule has 1 aromatic carbocycles. The lowest BCUT2D eigenvalue weighted by Crippen LogP contribution is -2.44. The Morgan fingerprint density at radius 3 is 2.70 bits per heavy atom. The molecular weight excluding hydrogens is 270 g/mol. The Morgan fingerprint density at radius 2 is 2.05 bits per heavy atom. The van der Waals surface area contributed by atoms with Gasteiger partial charge in [0, 0.05) is 11.1 Å². The maximum atomic E-state index is 5.66. The molecule has 0 aromatic heterocycles. The number of nitrogens with one attached hydrogen (secondary N) is 2. The topological polar surface area (TPSA) is 45.6 Å². The van der Waals surface area contributed by atoms with Crippen molar-refractivity contribution in [3.63, 3.8) is 0 Å². The third-order valence-electron chi connectivity index (χ3n) is 2.24. The van der Waals surface area contributed by atoms with Crippen molar-refractivity contribution >= 4 is 23.5 Å². The molecule has 0 amide bonds. The summed E-state index contributed by atoms with van der Waals surface area (Å²) in [5.41, 5.74) is 3.65. The van der Waals surface area contributed by atoms with E-state index in [-0.39, 0.29) is 5.54 Å². The summed E-state index contributed by atoms with van der Waals surface area (Å²) in [7, 11) is 0. The highest BCUT2D eigenvalue weighted by molar-refractivity contribution is 7.80. The molecule has 110 valence electrons. The van der Waals surface area contributed by atoms with Gasteiger partial charge in [0.2, 0.25) is 0 Å². The Hall–Kier alpha value is -1.62. The number of rotatable bonds is 5. The van der Waals surface area contributed by atoms with Gasteiger partial charge in [0.1, 0.15) is 5.75 Å². The first-order valence-electron chi connectivity index (χ1n) is 6.75. The molecule has 0 bridgehead atoms. The van der Waals surface area contributed by atoms with Crippen LogP contribution >= 0.6 is 12.2 Å². The van der Waals surface area contributed by atoms with Gasteiger partial charge in [-0.25, -0.2) is 0 Å². The highest BCUT2D eigenvalue weighted by Gasteiger charge is 2.10. The lowest BCUT2D eigenvalue weighted by Gasteiger charge is -2.21. The molecule has 0 radical (unpaired) electrons. The summed E-state index contributed by atoms with van der Waals surface area (Å²) in [6.07, 6.45) is 2.69. The third kappa shape index (κ3) is 6.52. The molecule has 20 heavy (non-hydrogen) atoms. The van der Waals surface area contributed by atoms with Crippen LogP contribution in [0.25, 0.3) is 0 Å². The maximum absolute atomic E-state index is 5.66. The van der Waals surface area contributed by atoms with Crippen LogP contribution in [-0.4, -0.2) is 23.5 Å². The summed E-state index contributed by atoms with van der Waals surface area (Å²) in [5.74, 6) is 0.828. The minimum Gasteiger partial charge on any atom is -0.493 e. The molecule has 0 spiro atoms. The van der Waals surface area contributed by atoms with Gasteiger partial charge in [-0.1, -0.05) is 19.1 Å². The quantitative estimate of drug-likeness (QED) is 0.497. The molecule has 0 aliphatic carbocycles. The van der Waals surface area contributed by atoms with Crippen molar-refractivity contribution in [3.8, 4) is 5.75 Å². The molecule has 0 aliphatic heterocycles. The first-order valence-corrected chi connectivity index (χ1v) is 7.16. The van der Waals surface area contributed by atoms with Crippen LogP contribution < -0.4 is 15.5 Å². The summed E-state index contributed by atoms with van der Waals surface area (Å²) in [6, 6.07) is 7.78. The zero-order chi connectivity index (χ0) is 15.0. The van der Waals surface area contributed by atoms with E-state index in [0.717, 1.165) is 17.7 Å². The monoisotopic (exact) mass is 293 g/mol. The minimum absolute atomic E-state index is 0.0816. The molecule has 0 saturated heterocycles. The highest BCUT2D eigenvalue weighted by atomic mass is 32.1. The van der Waals surface area contributed by atoms with Gasteiger partial charge in [-0.2, -0.15) is 5.10 Å². The normalized spacial score (nSPS) is 11.4. The third-order valence-corrected chi connectivity index (χ3v) is 2.43. The fourth-order valence-corrected chi connectivity index (χ4v) is 1.82. The lowest BCUT2D eigenvalue weighted by molar-refractivity contribution is 0.317. The second kappa shape index (κ2) is 7.85. The van der Waals surface area contributed by atoms with Crippen molar-refractivity contribution in [2.45, 2.75) is 39.7 Å². The summed E-state index contributed by atoms with van der Waals surface area (Å²) in [6.45, 7) is 8.90. The summed E-state index contributed by atoms with van der Waals surface area (Å²) in [5, 5.41) is 7.77. The minimum atomic E-state index is -0.0816. The molecule has 0 unspecified atom stereocenters. The van der Waals surface area contributed by atoms with Crippen molar-refractivity contribution in [1.82, 2.24) is 10.7 Å². The number of benzene rings is 1. The summed E-state index contributed by atoms with van der Waals surface area (Å²) < 4.78 is 5.66. The van der Waals surface area contributed by atoms with E-state index in [1.54, 1.807) is 6.21 Å². The van der Waals surface area contributed by atoms with Crippen LogP contribution in [0.15, 0.2) is 29.4 Å². The maximum Gasteiger partial charge on any atom is 0.187 e. The number of ether oxygens (including phenoxy) is 1. The number of hydrogen-bond donors (Lipinski definition) is 2. The molecule has 1 rings (SSSR count). The Balaban J connectivity index is 2.59. The number of hydrogen-bond acceptors (Lipinski definition) is 3. The van der Waals surface area contributed by atoms with Crippen LogP contribution in [0, 0.1) is 0 Å². The Bertz CT molecular complexity index is 466. The smallest absolute Gasteiger partial charge is 0.187 e. The van der Waals surface area contributed by atoms with E-state index in [4.69, 9.17) is 17.0 Å². The van der Waals surface area contributed by atoms with Crippen LogP contribution in [0.1, 0.15) is 39.7 Å². The average Bonchev–Trinajstić information content (AvgIpc) is 2.35. The predicted octanol–water partition coefficient (Wildman–Crippen LogP) is 3.07. The molecule has 0 heterocycles. The number of hydrazone groups is 1. The van der Waals surface area contributed by atoms with E-state index < -0.39 is 0 Å². The van der Waals surface area contributed by atoms with Gasteiger partial charge in [0.15, 0.2) is 5.11 Å².